The summed E-state index contributed by atoms with van der Waals surface area (Å²) < 4.78 is 0. The van der Waals surface area contributed by atoms with Gasteiger partial charge in [0.05, 0.1) is 0 Å². The monoisotopic (exact) mass is 341 g/mol. The number of nitrogens with zero attached hydrogens (tertiary/aromatic N) is 1. The van der Waals surface area contributed by atoms with Crippen LogP contribution < -0.4 is 0 Å². The fraction of sp³-hybridized carbons (Fsp3) is 1.00. The van der Waals surface area contributed by atoms with E-state index in [-0.39, 0.29) is 0 Å². The lowest BCUT2D eigenvalue weighted by atomic mass is 9.48. The first-order valence-electron chi connectivity index (χ1n) is 11.8. The molecule has 0 aromatic heterocycles. The maximum absolute atomic E-state index is 2.97. The van der Waals surface area contributed by atoms with Gasteiger partial charge in [-0.05, 0) is 130 Å². The Kier molecular flexibility index (Phi) is 3.51. The highest BCUT2D eigenvalue weighted by atomic mass is 15.1. The summed E-state index contributed by atoms with van der Waals surface area (Å²) in [5.41, 5.74) is 1.49. The van der Waals surface area contributed by atoms with Crippen LogP contribution in [0.2, 0.25) is 0 Å². The first-order valence-corrected chi connectivity index (χ1v) is 11.8. The zero-order chi connectivity index (χ0) is 16.6. The third kappa shape index (κ3) is 2.66. The summed E-state index contributed by atoms with van der Waals surface area (Å²) in [7, 11) is 0. The van der Waals surface area contributed by atoms with Gasteiger partial charge in [0, 0.05) is 13.1 Å². The van der Waals surface area contributed by atoms with Crippen LogP contribution >= 0.6 is 0 Å². The van der Waals surface area contributed by atoms with Crippen LogP contribution in [0.5, 0.6) is 0 Å². The summed E-state index contributed by atoms with van der Waals surface area (Å²) in [5, 5.41) is 0. The van der Waals surface area contributed by atoms with Crippen LogP contribution in [0.3, 0.4) is 0 Å². The van der Waals surface area contributed by atoms with E-state index in [1.807, 2.05) is 0 Å². The molecule has 8 fully saturated rings. The maximum Gasteiger partial charge on any atom is 0.00384 e. The van der Waals surface area contributed by atoms with E-state index >= 15 is 0 Å². The molecular formula is C24H39N. The molecule has 8 bridgehead atoms. The van der Waals surface area contributed by atoms with E-state index in [0.29, 0.717) is 0 Å². The van der Waals surface area contributed by atoms with Gasteiger partial charge in [0.15, 0.2) is 0 Å². The highest BCUT2D eigenvalue weighted by molar-refractivity contribution is 5.05. The minimum absolute atomic E-state index is 0.743. The van der Waals surface area contributed by atoms with E-state index < -0.39 is 0 Å². The summed E-state index contributed by atoms with van der Waals surface area (Å²) in [5.74, 6) is 6.69. The first kappa shape index (κ1) is 16.0. The molecule has 0 N–H and O–H groups in total. The fourth-order valence-corrected chi connectivity index (χ4v) is 10.2. The lowest BCUT2D eigenvalue weighted by Gasteiger charge is -2.60. The molecule has 140 valence electrons. The quantitative estimate of drug-likeness (QED) is 0.616. The van der Waals surface area contributed by atoms with Gasteiger partial charge in [-0.3, -0.25) is 0 Å². The summed E-state index contributed by atoms with van der Waals surface area (Å²) >= 11 is 0. The summed E-state index contributed by atoms with van der Waals surface area (Å²) in [6.07, 6.45) is 19.1. The van der Waals surface area contributed by atoms with Crippen LogP contribution in [0, 0.1) is 46.3 Å². The van der Waals surface area contributed by atoms with E-state index in [1.165, 1.54) is 19.6 Å². The molecule has 0 spiro atoms. The van der Waals surface area contributed by atoms with Crippen molar-refractivity contribution in [3.63, 3.8) is 0 Å². The summed E-state index contributed by atoms with van der Waals surface area (Å²) in [6, 6.07) is 0. The zero-order valence-corrected chi connectivity index (χ0v) is 16.5. The number of hydrogen-bond donors (Lipinski definition) is 0. The molecule has 0 aromatic rings. The van der Waals surface area contributed by atoms with Crippen LogP contribution in [0.15, 0.2) is 0 Å². The zero-order valence-electron chi connectivity index (χ0n) is 16.5. The molecule has 0 heterocycles. The molecular weight excluding hydrogens is 302 g/mol. The average molecular weight is 342 g/mol. The largest absolute Gasteiger partial charge is 0.303 e. The normalized spacial score (nSPS) is 55.4. The van der Waals surface area contributed by atoms with E-state index in [9.17, 15) is 0 Å². The molecule has 25 heavy (non-hydrogen) atoms. The molecule has 0 unspecified atom stereocenters. The Morgan fingerprint density at radius 2 is 0.840 bits per heavy atom. The van der Waals surface area contributed by atoms with Gasteiger partial charge >= 0.3 is 0 Å². The van der Waals surface area contributed by atoms with E-state index in [4.69, 9.17) is 0 Å². The molecule has 8 aliphatic carbocycles. The molecule has 0 atom stereocenters. The minimum Gasteiger partial charge on any atom is -0.303 e. The van der Waals surface area contributed by atoms with Gasteiger partial charge in [0.2, 0.25) is 0 Å². The molecule has 0 saturated heterocycles. The Morgan fingerprint density at radius 1 is 0.560 bits per heavy atom. The van der Waals surface area contributed by atoms with Crippen LogP contribution in [0.1, 0.15) is 84.0 Å². The first-order chi connectivity index (χ1) is 12.1. The topological polar surface area (TPSA) is 3.24 Å². The van der Waals surface area contributed by atoms with Gasteiger partial charge in [-0.25, -0.2) is 0 Å². The third-order valence-electron chi connectivity index (χ3n) is 9.90. The van der Waals surface area contributed by atoms with Crippen molar-refractivity contribution in [2.24, 2.45) is 46.3 Å². The van der Waals surface area contributed by atoms with Gasteiger partial charge in [0.1, 0.15) is 0 Å². The second kappa shape index (κ2) is 5.49. The van der Waals surface area contributed by atoms with Gasteiger partial charge in [0.25, 0.3) is 0 Å². The second-order valence-electron chi connectivity index (χ2n) is 12.1. The lowest BCUT2D eigenvalue weighted by Crippen LogP contribution is -2.55. The van der Waals surface area contributed by atoms with Crippen molar-refractivity contribution in [1.29, 1.82) is 0 Å². The molecule has 8 rings (SSSR count). The van der Waals surface area contributed by atoms with Gasteiger partial charge < -0.3 is 4.90 Å². The molecule has 0 radical (unpaired) electrons. The molecule has 0 amide bonds. The van der Waals surface area contributed by atoms with E-state index in [2.05, 4.69) is 11.8 Å². The molecule has 1 heteroatoms. The average Bonchev–Trinajstić information content (AvgIpc) is 2.51. The standard InChI is InChI=1S/C24H39N/c1-2-25(15-23-9-17-3-18(10-23)5-19(4-17)11-23)16-24-12-20-6-21(13-24)8-22(7-20)14-24/h17-22H,2-16H2,1H3. The molecule has 0 aromatic carbocycles. The van der Waals surface area contributed by atoms with Gasteiger partial charge in [-0.15, -0.1) is 0 Å². The predicted octanol–water partition coefficient (Wildman–Crippen LogP) is 5.74. The highest BCUT2D eigenvalue weighted by Crippen LogP contribution is 2.62. The Labute approximate surface area is 155 Å². The fourth-order valence-electron chi connectivity index (χ4n) is 10.2. The van der Waals surface area contributed by atoms with E-state index in [0.717, 1.165) is 46.3 Å². The van der Waals surface area contributed by atoms with Crippen molar-refractivity contribution in [1.82, 2.24) is 4.90 Å². The van der Waals surface area contributed by atoms with Gasteiger partial charge in [-0.2, -0.15) is 0 Å². The van der Waals surface area contributed by atoms with E-state index in [1.54, 1.807) is 77.0 Å². The maximum atomic E-state index is 2.97. The number of rotatable bonds is 5. The van der Waals surface area contributed by atoms with Crippen molar-refractivity contribution in [2.45, 2.75) is 84.0 Å². The summed E-state index contributed by atoms with van der Waals surface area (Å²) in [4.78, 5) is 2.97. The Morgan fingerprint density at radius 3 is 1.08 bits per heavy atom. The smallest absolute Gasteiger partial charge is 0.00384 e. The Hall–Kier alpha value is -0.0400. The lowest BCUT2D eigenvalue weighted by molar-refractivity contribution is -0.0958. The number of hydrogen-bond acceptors (Lipinski definition) is 1. The molecule has 1 nitrogen and oxygen atoms in total. The predicted molar refractivity (Wildman–Crippen MR) is 103 cm³/mol. The van der Waals surface area contributed by atoms with Gasteiger partial charge in [-0.1, -0.05) is 6.92 Å². The summed E-state index contributed by atoms with van der Waals surface area (Å²) in [6.45, 7) is 6.70. The highest BCUT2D eigenvalue weighted by Gasteiger charge is 2.54. The van der Waals surface area contributed by atoms with Crippen molar-refractivity contribution in [3.05, 3.63) is 0 Å². The second-order valence-corrected chi connectivity index (χ2v) is 12.1. The van der Waals surface area contributed by atoms with Crippen molar-refractivity contribution in [3.8, 4) is 0 Å². The molecule has 8 saturated carbocycles. The van der Waals surface area contributed by atoms with Crippen LogP contribution in [0.4, 0.5) is 0 Å². The minimum atomic E-state index is 0.743. The van der Waals surface area contributed by atoms with Crippen LogP contribution in [-0.2, 0) is 0 Å². The van der Waals surface area contributed by atoms with Crippen LogP contribution in [-0.4, -0.2) is 24.5 Å². The molecule has 8 aliphatic rings. The van der Waals surface area contributed by atoms with Crippen molar-refractivity contribution in [2.75, 3.05) is 19.6 Å². The van der Waals surface area contributed by atoms with Crippen molar-refractivity contribution < 1.29 is 0 Å². The Bertz CT molecular complexity index is 418. The Balaban J connectivity index is 1.19. The molecule has 0 aliphatic heterocycles. The SMILES string of the molecule is CCN(CC12CC3CC(CC(C3)C1)C2)CC12CC3CC(CC(C3)C1)C2. The third-order valence-corrected chi connectivity index (χ3v) is 9.90. The van der Waals surface area contributed by atoms with Crippen LogP contribution in [0.25, 0.3) is 0 Å². The van der Waals surface area contributed by atoms with Crippen molar-refractivity contribution >= 4 is 0 Å².